The molecule has 0 aromatic heterocycles. The first-order chi connectivity index (χ1) is 16.4. The number of hydrogen-bond donors (Lipinski definition) is 0. The normalized spacial score (nSPS) is 23.3. The minimum Gasteiger partial charge on any atom is -0.339 e. The Morgan fingerprint density at radius 3 is 2.21 bits per heavy atom. The number of nitrogens with zero attached hydrogens (tertiary/aromatic N) is 3. The lowest BCUT2D eigenvalue weighted by Gasteiger charge is -2.40. The van der Waals surface area contributed by atoms with E-state index in [1.165, 1.54) is 25.7 Å². The topological polar surface area (TPSA) is 43.9 Å². The van der Waals surface area contributed by atoms with Crippen molar-refractivity contribution in [2.75, 3.05) is 26.2 Å². The molecule has 6 heteroatoms. The molecule has 0 spiro atoms. The van der Waals surface area contributed by atoms with E-state index in [4.69, 9.17) is 11.6 Å². The van der Waals surface area contributed by atoms with Crippen LogP contribution in [0.25, 0.3) is 0 Å². The zero-order valence-electron chi connectivity index (χ0n) is 21.1. The molecule has 188 valence electrons. The maximum absolute atomic E-state index is 13.9. The van der Waals surface area contributed by atoms with E-state index < -0.39 is 0 Å². The summed E-state index contributed by atoms with van der Waals surface area (Å²) in [5, 5.41) is 0.726. The Labute approximate surface area is 210 Å². The van der Waals surface area contributed by atoms with E-state index in [1.54, 1.807) is 0 Å². The van der Waals surface area contributed by atoms with Crippen LogP contribution in [0.3, 0.4) is 0 Å². The highest BCUT2D eigenvalue weighted by molar-refractivity contribution is 6.30. The van der Waals surface area contributed by atoms with Gasteiger partial charge in [0.15, 0.2) is 0 Å². The molecule has 34 heavy (non-hydrogen) atoms. The molecule has 2 saturated heterocycles. The van der Waals surface area contributed by atoms with E-state index in [1.807, 2.05) is 38.1 Å². The maximum atomic E-state index is 13.9. The summed E-state index contributed by atoms with van der Waals surface area (Å²) in [5.74, 6) is 0.498. The van der Waals surface area contributed by atoms with Gasteiger partial charge in [-0.15, -0.1) is 0 Å². The third-order valence-electron chi connectivity index (χ3n) is 8.04. The van der Waals surface area contributed by atoms with Crippen molar-refractivity contribution in [1.29, 1.82) is 0 Å². The van der Waals surface area contributed by atoms with E-state index in [-0.39, 0.29) is 29.8 Å². The number of carbonyl (C=O) groups is 2. The van der Waals surface area contributed by atoms with Crippen LogP contribution < -0.4 is 0 Å². The summed E-state index contributed by atoms with van der Waals surface area (Å²) in [6, 6.07) is 8.29. The van der Waals surface area contributed by atoms with Crippen molar-refractivity contribution in [3.63, 3.8) is 0 Å². The highest BCUT2D eigenvalue weighted by atomic mass is 35.5. The fourth-order valence-electron chi connectivity index (χ4n) is 6.14. The largest absolute Gasteiger partial charge is 0.339 e. The standard InChI is InChI=1S/C28H42ClN3O2/c1-21(2)27(33)32(24-9-5-3-6-10-24)25-15-18-31(20-25)28(34)26(30-16-7-4-8-17-30)19-22-11-13-23(29)14-12-22/h11-14,21,24-26H,3-10,15-20H2,1-2H3. The summed E-state index contributed by atoms with van der Waals surface area (Å²) >= 11 is 6.10. The lowest BCUT2D eigenvalue weighted by Crippen LogP contribution is -2.53. The number of piperidine rings is 1. The first-order valence-electron chi connectivity index (χ1n) is 13.5. The summed E-state index contributed by atoms with van der Waals surface area (Å²) in [7, 11) is 0. The second-order valence-corrected chi connectivity index (χ2v) is 11.3. The molecule has 2 unspecified atom stereocenters. The Balaban J connectivity index is 1.49. The van der Waals surface area contributed by atoms with Crippen molar-refractivity contribution in [3.8, 4) is 0 Å². The molecular weight excluding hydrogens is 446 g/mol. The fourth-order valence-corrected chi connectivity index (χ4v) is 6.27. The Bertz CT molecular complexity index is 815. The molecule has 3 fully saturated rings. The monoisotopic (exact) mass is 487 g/mol. The summed E-state index contributed by atoms with van der Waals surface area (Å²) < 4.78 is 0. The van der Waals surface area contributed by atoms with Gasteiger partial charge in [-0.1, -0.05) is 63.3 Å². The van der Waals surface area contributed by atoms with E-state index in [0.717, 1.165) is 62.3 Å². The minimum atomic E-state index is -0.135. The molecular formula is C28H42ClN3O2. The summed E-state index contributed by atoms with van der Waals surface area (Å²) in [6.45, 7) is 7.42. The van der Waals surface area contributed by atoms with Crippen LogP contribution in [0.15, 0.2) is 24.3 Å². The zero-order chi connectivity index (χ0) is 24.1. The first-order valence-corrected chi connectivity index (χ1v) is 13.9. The van der Waals surface area contributed by atoms with E-state index in [0.29, 0.717) is 19.0 Å². The van der Waals surface area contributed by atoms with Crippen LogP contribution in [0, 0.1) is 5.92 Å². The summed E-state index contributed by atoms with van der Waals surface area (Å²) in [6.07, 6.45) is 11.1. The lowest BCUT2D eigenvalue weighted by molar-refractivity contribution is -0.142. The number of likely N-dealkylation sites (tertiary alicyclic amines) is 2. The van der Waals surface area contributed by atoms with Crippen LogP contribution in [0.2, 0.25) is 5.02 Å². The molecule has 2 amide bonds. The predicted octanol–water partition coefficient (Wildman–Crippen LogP) is 5.16. The lowest BCUT2D eigenvalue weighted by atomic mass is 9.92. The third-order valence-corrected chi connectivity index (χ3v) is 8.30. The van der Waals surface area contributed by atoms with Crippen molar-refractivity contribution < 1.29 is 9.59 Å². The number of carbonyl (C=O) groups excluding carboxylic acids is 2. The number of rotatable bonds is 7. The number of halogens is 1. The van der Waals surface area contributed by atoms with Gasteiger partial charge in [-0.25, -0.2) is 0 Å². The molecule has 0 radical (unpaired) electrons. The molecule has 1 aliphatic carbocycles. The highest BCUT2D eigenvalue weighted by Crippen LogP contribution is 2.30. The van der Waals surface area contributed by atoms with Crippen LogP contribution in [-0.2, 0) is 16.0 Å². The third kappa shape index (κ3) is 6.15. The minimum absolute atomic E-state index is 0.00215. The number of benzene rings is 1. The van der Waals surface area contributed by atoms with Gasteiger partial charge in [-0.2, -0.15) is 0 Å². The Morgan fingerprint density at radius 1 is 0.912 bits per heavy atom. The first kappa shape index (κ1) is 25.5. The van der Waals surface area contributed by atoms with Gasteiger partial charge < -0.3 is 9.80 Å². The van der Waals surface area contributed by atoms with Crippen LogP contribution in [0.1, 0.15) is 77.2 Å². The quantitative estimate of drug-likeness (QED) is 0.533. The molecule has 0 N–H and O–H groups in total. The number of hydrogen-bond acceptors (Lipinski definition) is 3. The molecule has 4 rings (SSSR count). The molecule has 3 aliphatic rings. The van der Waals surface area contributed by atoms with Gasteiger partial charge >= 0.3 is 0 Å². The van der Waals surface area contributed by atoms with Gasteiger partial charge in [0.25, 0.3) is 0 Å². The van der Waals surface area contributed by atoms with Crippen molar-refractivity contribution >= 4 is 23.4 Å². The molecule has 1 saturated carbocycles. The van der Waals surface area contributed by atoms with Crippen molar-refractivity contribution in [2.24, 2.45) is 5.92 Å². The molecule has 1 aromatic carbocycles. The second kappa shape index (κ2) is 11.9. The Morgan fingerprint density at radius 2 is 1.56 bits per heavy atom. The molecule has 5 nitrogen and oxygen atoms in total. The summed E-state index contributed by atoms with van der Waals surface area (Å²) in [5.41, 5.74) is 1.16. The van der Waals surface area contributed by atoms with Gasteiger partial charge in [0.05, 0.1) is 12.1 Å². The average molecular weight is 488 g/mol. The smallest absolute Gasteiger partial charge is 0.240 e. The molecule has 2 aliphatic heterocycles. The predicted molar refractivity (Wildman–Crippen MR) is 138 cm³/mol. The highest BCUT2D eigenvalue weighted by Gasteiger charge is 2.40. The molecule has 2 atom stereocenters. The Hall–Kier alpha value is -1.59. The van der Waals surface area contributed by atoms with E-state index >= 15 is 0 Å². The van der Waals surface area contributed by atoms with Gasteiger partial charge in [-0.05, 0) is 69.3 Å². The van der Waals surface area contributed by atoms with E-state index in [9.17, 15) is 9.59 Å². The fraction of sp³-hybridized carbons (Fsp3) is 0.714. The maximum Gasteiger partial charge on any atom is 0.240 e. The SMILES string of the molecule is CC(C)C(=O)N(C1CCCCC1)C1CCN(C(=O)C(Cc2ccc(Cl)cc2)N2CCCCC2)C1. The van der Waals surface area contributed by atoms with Crippen LogP contribution >= 0.6 is 11.6 Å². The average Bonchev–Trinajstić information content (AvgIpc) is 3.34. The van der Waals surface area contributed by atoms with Crippen molar-refractivity contribution in [3.05, 3.63) is 34.9 Å². The number of amides is 2. The van der Waals surface area contributed by atoms with Gasteiger partial charge in [0.1, 0.15) is 0 Å². The molecule has 0 bridgehead atoms. The van der Waals surface area contributed by atoms with Crippen LogP contribution in [0.5, 0.6) is 0 Å². The zero-order valence-corrected chi connectivity index (χ0v) is 21.8. The second-order valence-electron chi connectivity index (χ2n) is 10.9. The van der Waals surface area contributed by atoms with Crippen molar-refractivity contribution in [1.82, 2.24) is 14.7 Å². The Kier molecular flexibility index (Phi) is 8.92. The molecule has 1 aromatic rings. The van der Waals surface area contributed by atoms with Crippen LogP contribution in [-0.4, -0.2) is 70.8 Å². The van der Waals surface area contributed by atoms with Gasteiger partial charge in [0, 0.05) is 30.1 Å². The summed E-state index contributed by atoms with van der Waals surface area (Å²) in [4.78, 5) is 33.8. The molecule has 2 heterocycles. The van der Waals surface area contributed by atoms with Crippen LogP contribution in [0.4, 0.5) is 0 Å². The van der Waals surface area contributed by atoms with Gasteiger partial charge in [0.2, 0.25) is 11.8 Å². The van der Waals surface area contributed by atoms with E-state index in [2.05, 4.69) is 14.7 Å². The van der Waals surface area contributed by atoms with Gasteiger partial charge in [-0.3, -0.25) is 14.5 Å². The van der Waals surface area contributed by atoms with Crippen molar-refractivity contribution in [2.45, 2.75) is 96.2 Å².